The van der Waals surface area contributed by atoms with E-state index in [2.05, 4.69) is 0 Å². The van der Waals surface area contributed by atoms with Crippen LogP contribution in [0.15, 0.2) is 60.7 Å². The highest BCUT2D eigenvalue weighted by Crippen LogP contribution is 2.31. The summed E-state index contributed by atoms with van der Waals surface area (Å²) in [5.41, 5.74) is -0.837. The second kappa shape index (κ2) is 11.0. The number of carboxylic acid groups (broad SMARTS) is 1. The molecule has 0 saturated carbocycles. The van der Waals surface area contributed by atoms with Crippen molar-refractivity contribution in [2.75, 3.05) is 13.2 Å². The van der Waals surface area contributed by atoms with Crippen LogP contribution in [0.3, 0.4) is 0 Å². The molecular formula is C26H27F3O5. The Kier molecular flexibility index (Phi) is 8.68. The van der Waals surface area contributed by atoms with Gasteiger partial charge in [-0.2, -0.15) is 13.2 Å². The van der Waals surface area contributed by atoms with Gasteiger partial charge in [0.1, 0.15) is 24.7 Å². The van der Waals surface area contributed by atoms with E-state index < -0.39 is 23.1 Å². The number of carbonyl (C=O) groups is 2. The number of Topliss-reactive ketones (excluding diaryl/α,β-unsaturated/α-hetero) is 1. The maximum Gasteiger partial charge on any atom is 0.416 e. The monoisotopic (exact) mass is 476 g/mol. The van der Waals surface area contributed by atoms with Crippen LogP contribution < -0.4 is 9.47 Å². The van der Waals surface area contributed by atoms with Gasteiger partial charge in [0.15, 0.2) is 5.78 Å². The molecule has 3 rings (SSSR count). The quantitative estimate of drug-likeness (QED) is 0.319. The van der Waals surface area contributed by atoms with Gasteiger partial charge in [-0.05, 0) is 63.4 Å². The zero-order valence-corrected chi connectivity index (χ0v) is 19.4. The van der Waals surface area contributed by atoms with Gasteiger partial charge in [0.2, 0.25) is 0 Å². The molecule has 0 atom stereocenters. The first-order valence-electron chi connectivity index (χ1n) is 10.5. The Hall–Kier alpha value is -3.55. The summed E-state index contributed by atoms with van der Waals surface area (Å²) in [7, 11) is 0. The Labute approximate surface area is 196 Å². The molecule has 8 heteroatoms. The van der Waals surface area contributed by atoms with Crippen LogP contribution >= 0.6 is 0 Å². The summed E-state index contributed by atoms with van der Waals surface area (Å²) in [4.78, 5) is 21.9. The highest BCUT2D eigenvalue weighted by molar-refractivity contribution is 6.03. The minimum Gasteiger partial charge on any atom is -0.490 e. The van der Waals surface area contributed by atoms with Crippen LogP contribution in [0, 0.1) is 5.41 Å². The summed E-state index contributed by atoms with van der Waals surface area (Å²) >= 11 is 0. The Morgan fingerprint density at radius 1 is 0.853 bits per heavy atom. The van der Waals surface area contributed by atoms with Crippen LogP contribution in [-0.2, 0) is 11.0 Å². The summed E-state index contributed by atoms with van der Waals surface area (Å²) in [5, 5.41) is 10.0. The van der Waals surface area contributed by atoms with Crippen molar-refractivity contribution in [3.63, 3.8) is 0 Å². The smallest absolute Gasteiger partial charge is 0.416 e. The van der Waals surface area contributed by atoms with Crippen molar-refractivity contribution in [3.05, 3.63) is 71.8 Å². The Bertz CT molecular complexity index is 1130. The van der Waals surface area contributed by atoms with Crippen LogP contribution in [-0.4, -0.2) is 30.1 Å². The highest BCUT2D eigenvalue weighted by atomic mass is 19.4. The lowest BCUT2D eigenvalue weighted by Gasteiger charge is -2.14. The van der Waals surface area contributed by atoms with Crippen molar-refractivity contribution >= 4 is 22.5 Å². The van der Waals surface area contributed by atoms with Gasteiger partial charge in [0, 0.05) is 5.39 Å². The molecule has 1 N–H and O–H groups in total. The summed E-state index contributed by atoms with van der Waals surface area (Å²) < 4.78 is 48.9. The van der Waals surface area contributed by atoms with Gasteiger partial charge in [0.05, 0.1) is 16.5 Å². The number of hydrogen-bond acceptors (Lipinski definition) is 4. The molecule has 0 saturated heterocycles. The third-order valence-corrected chi connectivity index (χ3v) is 4.68. The van der Waals surface area contributed by atoms with E-state index in [1.54, 1.807) is 26.8 Å². The number of hydrogen-bond donors (Lipinski definition) is 1. The van der Waals surface area contributed by atoms with Gasteiger partial charge in [0.25, 0.3) is 0 Å². The van der Waals surface area contributed by atoms with Crippen molar-refractivity contribution in [2.24, 2.45) is 5.41 Å². The number of carbonyl (C=O) groups excluding carboxylic acids is 1. The summed E-state index contributed by atoms with van der Waals surface area (Å²) in [6.45, 7) is 6.73. The number of rotatable bonds is 6. The van der Waals surface area contributed by atoms with Crippen LogP contribution in [0.4, 0.5) is 13.2 Å². The van der Waals surface area contributed by atoms with Gasteiger partial charge in [-0.1, -0.05) is 30.3 Å². The zero-order chi connectivity index (χ0) is 25.5. The van der Waals surface area contributed by atoms with Gasteiger partial charge >= 0.3 is 12.1 Å². The molecule has 0 bridgehead atoms. The third-order valence-electron chi connectivity index (χ3n) is 4.68. The maximum absolute atomic E-state index is 12.6. The lowest BCUT2D eigenvalue weighted by atomic mass is 9.98. The van der Waals surface area contributed by atoms with Crippen LogP contribution in [0.1, 0.15) is 43.6 Å². The SMILES string of the molecule is CC(=O)c1ccc2ccccc2c1OCCOc1ccc(C(F)(F)F)cc1.CC(C)(C)C(=O)O. The normalized spacial score (nSPS) is 11.4. The van der Waals surface area contributed by atoms with Crippen molar-refractivity contribution in [3.8, 4) is 11.5 Å². The fourth-order valence-corrected chi connectivity index (χ4v) is 2.72. The molecule has 0 aliphatic heterocycles. The number of halogens is 3. The molecule has 0 heterocycles. The van der Waals surface area contributed by atoms with Crippen LogP contribution in [0.25, 0.3) is 10.8 Å². The van der Waals surface area contributed by atoms with Crippen molar-refractivity contribution < 1.29 is 37.3 Å². The molecule has 0 aliphatic carbocycles. The zero-order valence-electron chi connectivity index (χ0n) is 19.4. The first-order chi connectivity index (χ1) is 15.8. The lowest BCUT2D eigenvalue weighted by molar-refractivity contribution is -0.145. The molecule has 0 radical (unpaired) electrons. The van der Waals surface area contributed by atoms with Gasteiger partial charge in [-0.3, -0.25) is 9.59 Å². The number of aliphatic carboxylic acids is 1. The third kappa shape index (κ3) is 7.50. The second-order valence-electron chi connectivity index (χ2n) is 8.49. The molecule has 0 unspecified atom stereocenters. The summed E-state index contributed by atoms with van der Waals surface area (Å²) in [6, 6.07) is 15.6. The second-order valence-corrected chi connectivity index (χ2v) is 8.49. The Morgan fingerprint density at radius 2 is 1.41 bits per heavy atom. The molecule has 0 aromatic heterocycles. The number of fused-ring (bicyclic) bond motifs is 1. The van der Waals surface area contributed by atoms with Gasteiger partial charge in [-0.15, -0.1) is 0 Å². The average molecular weight is 476 g/mol. The first kappa shape index (κ1) is 26.7. The molecule has 3 aromatic rings. The van der Waals surface area contributed by atoms with E-state index in [0.717, 1.165) is 22.9 Å². The van der Waals surface area contributed by atoms with E-state index >= 15 is 0 Å². The number of ketones is 1. The molecule has 0 spiro atoms. The number of ether oxygens (including phenoxy) is 2. The molecule has 0 amide bonds. The standard InChI is InChI=1S/C21H17F3O3.C5H10O2/c1-14(25)18-11-6-15-4-2-3-5-19(15)20(18)27-13-12-26-17-9-7-16(8-10-17)21(22,23)24;1-5(2,3)4(6)7/h2-11H,12-13H2,1H3;1-3H3,(H,6,7). The Balaban J connectivity index is 0.000000509. The lowest BCUT2D eigenvalue weighted by Crippen LogP contribution is -2.18. The molecule has 182 valence electrons. The number of benzene rings is 3. The molecule has 34 heavy (non-hydrogen) atoms. The van der Waals surface area contributed by atoms with Gasteiger partial charge < -0.3 is 14.6 Å². The van der Waals surface area contributed by atoms with E-state index in [1.807, 2.05) is 30.3 Å². The molecule has 3 aromatic carbocycles. The first-order valence-corrected chi connectivity index (χ1v) is 10.5. The van der Waals surface area contributed by atoms with Crippen molar-refractivity contribution in [1.82, 2.24) is 0 Å². The number of carboxylic acids is 1. The molecule has 5 nitrogen and oxygen atoms in total. The van der Waals surface area contributed by atoms with Crippen molar-refractivity contribution in [1.29, 1.82) is 0 Å². The maximum atomic E-state index is 12.6. The summed E-state index contributed by atoms with van der Waals surface area (Å²) in [6.07, 6.45) is -4.38. The summed E-state index contributed by atoms with van der Waals surface area (Å²) in [5.74, 6) is -0.0696. The van der Waals surface area contributed by atoms with E-state index in [9.17, 15) is 22.8 Å². The van der Waals surface area contributed by atoms with Gasteiger partial charge in [-0.25, -0.2) is 0 Å². The predicted octanol–water partition coefficient (Wildman–Crippen LogP) is 6.64. The molecule has 0 aliphatic rings. The fourth-order valence-electron chi connectivity index (χ4n) is 2.72. The topological polar surface area (TPSA) is 72.8 Å². The molecular weight excluding hydrogens is 449 g/mol. The molecule has 0 fully saturated rings. The highest BCUT2D eigenvalue weighted by Gasteiger charge is 2.30. The van der Waals surface area contributed by atoms with E-state index in [1.165, 1.54) is 19.1 Å². The predicted molar refractivity (Wildman–Crippen MR) is 123 cm³/mol. The Morgan fingerprint density at radius 3 is 1.94 bits per heavy atom. The van der Waals surface area contributed by atoms with E-state index in [0.29, 0.717) is 17.1 Å². The van der Waals surface area contributed by atoms with Crippen LogP contribution in [0.5, 0.6) is 11.5 Å². The van der Waals surface area contributed by atoms with Crippen LogP contribution in [0.2, 0.25) is 0 Å². The van der Waals surface area contributed by atoms with Crippen molar-refractivity contribution in [2.45, 2.75) is 33.9 Å². The largest absolute Gasteiger partial charge is 0.490 e. The minimum absolute atomic E-state index is 0.112. The number of alkyl halides is 3. The van der Waals surface area contributed by atoms with E-state index in [-0.39, 0.29) is 19.0 Å². The minimum atomic E-state index is -4.38. The fraction of sp³-hybridized carbons (Fsp3) is 0.308. The average Bonchev–Trinajstić information content (AvgIpc) is 2.76. The van der Waals surface area contributed by atoms with E-state index in [4.69, 9.17) is 14.6 Å².